The van der Waals surface area contributed by atoms with Gasteiger partial charge >= 0.3 is 5.69 Å². The molecular weight excluding hydrogens is 318 g/mol. The van der Waals surface area contributed by atoms with Crippen LogP contribution in [-0.4, -0.2) is 22.9 Å². The Morgan fingerprint density at radius 3 is 2.61 bits per heavy atom. The standard InChI is InChI=1S/C15H17N3O4S/c1-15(2,3)12-8-23-14(16-12)17-13(19)9-5-6-11(22-4)10(7-9)18(20)21/h5-8H,1-4H3,(H,16,17,19). The normalized spacial score (nSPS) is 11.1. The van der Waals surface area contributed by atoms with Gasteiger partial charge in [0.15, 0.2) is 10.9 Å². The summed E-state index contributed by atoms with van der Waals surface area (Å²) < 4.78 is 4.92. The zero-order chi connectivity index (χ0) is 17.2. The van der Waals surface area contributed by atoms with Gasteiger partial charge in [0.2, 0.25) is 0 Å². The lowest BCUT2D eigenvalue weighted by atomic mass is 9.93. The van der Waals surface area contributed by atoms with Gasteiger partial charge in [-0.1, -0.05) is 20.8 Å². The number of methoxy groups -OCH3 is 1. The number of hydrogen-bond donors (Lipinski definition) is 1. The number of nitro groups is 1. The summed E-state index contributed by atoms with van der Waals surface area (Å²) in [7, 11) is 1.34. The molecule has 0 unspecified atom stereocenters. The summed E-state index contributed by atoms with van der Waals surface area (Å²) >= 11 is 1.32. The largest absolute Gasteiger partial charge is 0.490 e. The first-order valence-electron chi connectivity index (χ1n) is 6.82. The van der Waals surface area contributed by atoms with E-state index in [2.05, 4.69) is 10.3 Å². The van der Waals surface area contributed by atoms with E-state index >= 15 is 0 Å². The number of nitro benzene ring substituents is 1. The van der Waals surface area contributed by atoms with Crippen LogP contribution >= 0.6 is 11.3 Å². The van der Waals surface area contributed by atoms with Gasteiger partial charge in [-0.05, 0) is 12.1 Å². The molecule has 2 aromatic rings. The summed E-state index contributed by atoms with van der Waals surface area (Å²) in [4.78, 5) is 27.0. The van der Waals surface area contributed by atoms with E-state index in [-0.39, 0.29) is 22.4 Å². The van der Waals surface area contributed by atoms with Crippen molar-refractivity contribution < 1.29 is 14.5 Å². The maximum atomic E-state index is 12.2. The molecular formula is C15H17N3O4S. The molecule has 8 heteroatoms. The van der Waals surface area contributed by atoms with Crippen molar-refractivity contribution in [3.05, 3.63) is 45.0 Å². The zero-order valence-electron chi connectivity index (χ0n) is 13.2. The van der Waals surface area contributed by atoms with E-state index in [1.807, 2.05) is 26.2 Å². The molecule has 0 aliphatic heterocycles. The van der Waals surface area contributed by atoms with Gasteiger partial charge < -0.3 is 4.74 Å². The minimum absolute atomic E-state index is 0.107. The first-order chi connectivity index (χ1) is 10.7. The molecule has 7 nitrogen and oxygen atoms in total. The van der Waals surface area contributed by atoms with Gasteiger partial charge in [-0.3, -0.25) is 20.2 Å². The van der Waals surface area contributed by atoms with Crippen molar-refractivity contribution in [3.8, 4) is 5.75 Å². The van der Waals surface area contributed by atoms with Gasteiger partial charge in [-0.2, -0.15) is 0 Å². The molecule has 0 aliphatic carbocycles. The molecule has 0 bridgehead atoms. The quantitative estimate of drug-likeness (QED) is 0.680. The number of hydrogen-bond acceptors (Lipinski definition) is 6. The van der Waals surface area contributed by atoms with Gasteiger partial charge in [0.1, 0.15) is 0 Å². The minimum atomic E-state index is -0.587. The number of carbonyl (C=O) groups is 1. The Bertz CT molecular complexity index is 749. The Morgan fingerprint density at radius 1 is 1.39 bits per heavy atom. The fourth-order valence-electron chi connectivity index (χ4n) is 1.82. The lowest BCUT2D eigenvalue weighted by molar-refractivity contribution is -0.385. The van der Waals surface area contributed by atoms with E-state index in [4.69, 9.17) is 4.74 Å². The Hall–Kier alpha value is -2.48. The van der Waals surface area contributed by atoms with E-state index in [9.17, 15) is 14.9 Å². The van der Waals surface area contributed by atoms with Crippen LogP contribution < -0.4 is 10.1 Å². The van der Waals surface area contributed by atoms with E-state index in [1.54, 1.807) is 0 Å². The predicted octanol–water partition coefficient (Wildman–Crippen LogP) is 3.61. The average Bonchev–Trinajstić information content (AvgIpc) is 2.95. The topological polar surface area (TPSA) is 94.4 Å². The van der Waals surface area contributed by atoms with Crippen LogP contribution in [0, 0.1) is 10.1 Å². The molecule has 23 heavy (non-hydrogen) atoms. The molecule has 0 radical (unpaired) electrons. The number of anilines is 1. The van der Waals surface area contributed by atoms with Crippen molar-refractivity contribution in [1.29, 1.82) is 0 Å². The molecule has 0 spiro atoms. The number of rotatable bonds is 4. The number of nitrogens with one attached hydrogen (secondary N) is 1. The zero-order valence-corrected chi connectivity index (χ0v) is 14.1. The molecule has 0 atom stereocenters. The van der Waals surface area contributed by atoms with Crippen LogP contribution in [0.5, 0.6) is 5.75 Å². The van der Waals surface area contributed by atoms with Crippen LogP contribution in [0.15, 0.2) is 23.6 Å². The van der Waals surface area contributed by atoms with Crippen molar-refractivity contribution in [2.24, 2.45) is 0 Å². The van der Waals surface area contributed by atoms with Crippen LogP contribution in [0.25, 0.3) is 0 Å². The molecule has 0 aliphatic rings. The second-order valence-electron chi connectivity index (χ2n) is 5.89. The Balaban J connectivity index is 2.22. The van der Waals surface area contributed by atoms with Crippen molar-refractivity contribution >= 4 is 28.1 Å². The van der Waals surface area contributed by atoms with Crippen molar-refractivity contribution in [1.82, 2.24) is 4.98 Å². The molecule has 2 rings (SSSR count). The summed E-state index contributed by atoms with van der Waals surface area (Å²) in [6.07, 6.45) is 0. The monoisotopic (exact) mass is 335 g/mol. The molecule has 0 saturated heterocycles. The summed E-state index contributed by atoms with van der Waals surface area (Å²) in [5.41, 5.74) is 0.677. The summed E-state index contributed by atoms with van der Waals surface area (Å²) in [5, 5.41) is 16.0. The fourth-order valence-corrected chi connectivity index (χ4v) is 2.75. The number of nitrogens with zero attached hydrogens (tertiary/aromatic N) is 2. The summed E-state index contributed by atoms with van der Waals surface area (Å²) in [6.45, 7) is 6.08. The number of amides is 1. The maximum absolute atomic E-state index is 12.2. The number of benzene rings is 1. The lowest BCUT2D eigenvalue weighted by Gasteiger charge is -2.14. The van der Waals surface area contributed by atoms with Crippen molar-refractivity contribution in [3.63, 3.8) is 0 Å². The summed E-state index contributed by atoms with van der Waals surface area (Å²) in [6, 6.07) is 4.06. The van der Waals surface area contributed by atoms with E-state index in [0.717, 1.165) is 5.69 Å². The van der Waals surface area contributed by atoms with E-state index < -0.39 is 10.8 Å². The molecule has 1 heterocycles. The second-order valence-corrected chi connectivity index (χ2v) is 6.74. The molecule has 0 fully saturated rings. The highest BCUT2D eigenvalue weighted by atomic mass is 32.1. The second kappa shape index (κ2) is 6.33. The molecule has 1 amide bonds. The highest BCUT2D eigenvalue weighted by Crippen LogP contribution is 2.29. The predicted molar refractivity (Wildman–Crippen MR) is 88.4 cm³/mol. The van der Waals surface area contributed by atoms with Crippen molar-refractivity contribution in [2.75, 3.05) is 12.4 Å². The smallest absolute Gasteiger partial charge is 0.311 e. The van der Waals surface area contributed by atoms with Gasteiger partial charge in [-0.15, -0.1) is 11.3 Å². The van der Waals surface area contributed by atoms with E-state index in [0.29, 0.717) is 5.13 Å². The Labute approximate surface area is 137 Å². The first-order valence-corrected chi connectivity index (χ1v) is 7.70. The fraction of sp³-hybridized carbons (Fsp3) is 0.333. The van der Waals surface area contributed by atoms with E-state index in [1.165, 1.54) is 36.6 Å². The van der Waals surface area contributed by atoms with Crippen LogP contribution in [0.1, 0.15) is 36.8 Å². The highest BCUT2D eigenvalue weighted by molar-refractivity contribution is 7.14. The third-order valence-electron chi connectivity index (χ3n) is 3.13. The Morgan fingerprint density at radius 2 is 2.09 bits per heavy atom. The lowest BCUT2D eigenvalue weighted by Crippen LogP contribution is -2.14. The van der Waals surface area contributed by atoms with Gasteiger partial charge in [0, 0.05) is 22.4 Å². The van der Waals surface area contributed by atoms with Crippen LogP contribution in [0.2, 0.25) is 0 Å². The minimum Gasteiger partial charge on any atom is -0.490 e. The van der Waals surface area contributed by atoms with Gasteiger partial charge in [0.05, 0.1) is 17.7 Å². The van der Waals surface area contributed by atoms with Crippen LogP contribution in [-0.2, 0) is 5.41 Å². The first kappa shape index (κ1) is 16.9. The number of carbonyl (C=O) groups excluding carboxylic acids is 1. The molecule has 122 valence electrons. The molecule has 1 aromatic heterocycles. The van der Waals surface area contributed by atoms with Crippen LogP contribution in [0.3, 0.4) is 0 Å². The third kappa shape index (κ3) is 3.84. The number of aromatic nitrogens is 1. The average molecular weight is 335 g/mol. The Kier molecular flexibility index (Phi) is 4.65. The molecule has 1 N–H and O–H groups in total. The SMILES string of the molecule is COc1ccc(C(=O)Nc2nc(C(C)(C)C)cs2)cc1[N+](=O)[O-]. The number of thiazole rings is 1. The van der Waals surface area contributed by atoms with Crippen molar-refractivity contribution in [2.45, 2.75) is 26.2 Å². The molecule has 1 aromatic carbocycles. The summed E-state index contributed by atoms with van der Waals surface area (Å²) in [5.74, 6) is -0.346. The van der Waals surface area contributed by atoms with Gasteiger partial charge in [0.25, 0.3) is 5.91 Å². The highest BCUT2D eigenvalue weighted by Gasteiger charge is 2.20. The molecule has 0 saturated carbocycles. The van der Waals surface area contributed by atoms with Gasteiger partial charge in [-0.25, -0.2) is 4.98 Å². The maximum Gasteiger partial charge on any atom is 0.311 e. The third-order valence-corrected chi connectivity index (χ3v) is 3.89. The number of ether oxygens (including phenoxy) is 1. The van der Waals surface area contributed by atoms with Crippen LogP contribution in [0.4, 0.5) is 10.8 Å².